The molecule has 20 heavy (non-hydrogen) atoms. The van der Waals surface area contributed by atoms with E-state index in [2.05, 4.69) is 10.6 Å². The molecule has 0 aromatic carbocycles. The van der Waals surface area contributed by atoms with Gasteiger partial charge in [-0.05, 0) is 38.1 Å². The van der Waals surface area contributed by atoms with Gasteiger partial charge < -0.3 is 20.8 Å². The Morgan fingerprint density at radius 2 is 1.95 bits per heavy atom. The van der Waals surface area contributed by atoms with Crippen LogP contribution in [0.15, 0.2) is 0 Å². The summed E-state index contributed by atoms with van der Waals surface area (Å²) in [6, 6.07) is -0.354. The Morgan fingerprint density at radius 1 is 1.20 bits per heavy atom. The van der Waals surface area contributed by atoms with Crippen LogP contribution in [0, 0.1) is 17.8 Å². The van der Waals surface area contributed by atoms with Crippen LogP contribution in [0.1, 0.15) is 25.7 Å². The maximum Gasteiger partial charge on any atom is 0.329 e. The van der Waals surface area contributed by atoms with Gasteiger partial charge in [0.1, 0.15) is 5.54 Å². The van der Waals surface area contributed by atoms with Gasteiger partial charge in [-0.1, -0.05) is 0 Å². The van der Waals surface area contributed by atoms with E-state index >= 15 is 0 Å². The van der Waals surface area contributed by atoms with E-state index in [0.29, 0.717) is 19.3 Å². The van der Waals surface area contributed by atoms with Crippen LogP contribution in [0.25, 0.3) is 0 Å². The summed E-state index contributed by atoms with van der Waals surface area (Å²) in [7, 11) is 0. The zero-order valence-electron chi connectivity index (χ0n) is 11.0. The molecule has 0 spiro atoms. The van der Waals surface area contributed by atoms with Crippen molar-refractivity contribution in [3.8, 4) is 0 Å². The van der Waals surface area contributed by atoms with Crippen LogP contribution in [-0.4, -0.2) is 46.2 Å². The number of hydrogen-bond donors (Lipinski definition) is 4. The average molecular weight is 282 g/mol. The van der Waals surface area contributed by atoms with Crippen molar-refractivity contribution in [2.24, 2.45) is 17.8 Å². The molecule has 1 saturated heterocycles. The number of nitrogens with one attached hydrogen (secondary N) is 2. The minimum atomic E-state index is -1.39. The molecule has 3 rings (SSSR count). The predicted molar refractivity (Wildman–Crippen MR) is 66.9 cm³/mol. The second-order valence-electron chi connectivity index (χ2n) is 6.01. The highest BCUT2D eigenvalue weighted by Crippen LogP contribution is 2.62. The maximum atomic E-state index is 12.2. The number of carboxylic acids is 2. The largest absolute Gasteiger partial charge is 0.481 e. The van der Waals surface area contributed by atoms with E-state index in [1.165, 1.54) is 0 Å². The third kappa shape index (κ3) is 1.80. The number of rotatable bonds is 4. The first-order valence-electron chi connectivity index (χ1n) is 6.99. The molecule has 2 saturated carbocycles. The molecule has 0 bridgehead atoms. The van der Waals surface area contributed by atoms with Crippen LogP contribution < -0.4 is 10.6 Å². The van der Waals surface area contributed by atoms with Crippen LogP contribution in [0.5, 0.6) is 0 Å². The fraction of sp³-hybridized carbons (Fsp3) is 0.769. The Kier molecular flexibility index (Phi) is 2.97. The molecule has 3 fully saturated rings. The van der Waals surface area contributed by atoms with Gasteiger partial charge in [-0.2, -0.15) is 0 Å². The molecule has 2 aliphatic carbocycles. The van der Waals surface area contributed by atoms with E-state index < -0.39 is 29.3 Å². The molecule has 1 heterocycles. The van der Waals surface area contributed by atoms with E-state index in [4.69, 9.17) is 5.11 Å². The number of amides is 1. The summed E-state index contributed by atoms with van der Waals surface area (Å²) in [5.41, 5.74) is -1.39. The normalized spacial score (nSPS) is 42.0. The second-order valence-corrected chi connectivity index (χ2v) is 6.01. The molecular formula is C13H18N2O5. The second kappa shape index (κ2) is 4.44. The zero-order valence-corrected chi connectivity index (χ0v) is 11.0. The first kappa shape index (κ1) is 13.4. The monoisotopic (exact) mass is 282 g/mol. The molecular weight excluding hydrogens is 264 g/mol. The summed E-state index contributed by atoms with van der Waals surface area (Å²) in [6.07, 6.45) is 2.45. The first-order valence-corrected chi connectivity index (χ1v) is 6.99. The van der Waals surface area contributed by atoms with Crippen molar-refractivity contribution in [1.82, 2.24) is 10.6 Å². The Balaban J connectivity index is 1.77. The third-order valence-corrected chi connectivity index (χ3v) is 5.00. The van der Waals surface area contributed by atoms with Gasteiger partial charge in [0.25, 0.3) is 0 Å². The fourth-order valence-corrected chi connectivity index (χ4v) is 3.97. The van der Waals surface area contributed by atoms with Crippen molar-refractivity contribution in [2.75, 3.05) is 6.54 Å². The van der Waals surface area contributed by atoms with Crippen molar-refractivity contribution in [3.63, 3.8) is 0 Å². The minimum absolute atomic E-state index is 0.111. The Hall–Kier alpha value is -1.63. The van der Waals surface area contributed by atoms with E-state index in [-0.39, 0.29) is 17.9 Å². The predicted octanol–water partition coefficient (Wildman–Crippen LogP) is -0.581. The molecule has 7 heteroatoms. The standard InChI is InChI=1S/C13H18N2O5/c16-10(7-2-1-5-14-7)15-13(12(19)20)4-3-6-8(9(6)13)11(17)18/h6-9,14H,1-5H2,(H,15,16)(H,17,18)(H,19,20)/t6-,7-,8-,9-,13-/m0/s1. The Labute approximate surface area is 115 Å². The topological polar surface area (TPSA) is 116 Å². The Bertz CT molecular complexity index is 473. The highest BCUT2D eigenvalue weighted by Gasteiger charge is 2.72. The molecule has 0 radical (unpaired) electrons. The number of carboxylic acid groups (broad SMARTS) is 2. The van der Waals surface area contributed by atoms with Crippen molar-refractivity contribution >= 4 is 17.8 Å². The lowest BCUT2D eigenvalue weighted by atomic mass is 9.89. The summed E-state index contributed by atoms with van der Waals surface area (Å²) in [5.74, 6) is -3.60. The van der Waals surface area contributed by atoms with Crippen molar-refractivity contribution in [2.45, 2.75) is 37.3 Å². The van der Waals surface area contributed by atoms with Gasteiger partial charge in [-0.3, -0.25) is 9.59 Å². The molecule has 7 nitrogen and oxygen atoms in total. The van der Waals surface area contributed by atoms with Gasteiger partial charge >= 0.3 is 11.9 Å². The Morgan fingerprint density at radius 3 is 2.45 bits per heavy atom. The van der Waals surface area contributed by atoms with Gasteiger partial charge in [0.15, 0.2) is 0 Å². The average Bonchev–Trinajstić information content (AvgIpc) is 2.77. The van der Waals surface area contributed by atoms with Crippen LogP contribution in [-0.2, 0) is 14.4 Å². The molecule has 3 aliphatic rings. The molecule has 1 amide bonds. The first-order chi connectivity index (χ1) is 9.47. The summed E-state index contributed by atoms with van der Waals surface area (Å²) >= 11 is 0. The quantitative estimate of drug-likeness (QED) is 0.548. The van der Waals surface area contributed by atoms with Crippen LogP contribution >= 0.6 is 0 Å². The van der Waals surface area contributed by atoms with E-state index in [1.807, 2.05) is 0 Å². The van der Waals surface area contributed by atoms with Crippen LogP contribution in [0.2, 0.25) is 0 Å². The third-order valence-electron chi connectivity index (χ3n) is 5.00. The van der Waals surface area contributed by atoms with Crippen molar-refractivity contribution in [3.05, 3.63) is 0 Å². The molecule has 4 N–H and O–H groups in total. The van der Waals surface area contributed by atoms with E-state index in [1.54, 1.807) is 0 Å². The number of aliphatic carboxylic acids is 2. The van der Waals surface area contributed by atoms with Gasteiger partial charge in [-0.15, -0.1) is 0 Å². The lowest BCUT2D eigenvalue weighted by Crippen LogP contribution is -2.59. The highest BCUT2D eigenvalue weighted by atomic mass is 16.4. The molecule has 110 valence electrons. The minimum Gasteiger partial charge on any atom is -0.481 e. The summed E-state index contributed by atoms with van der Waals surface area (Å²) < 4.78 is 0. The summed E-state index contributed by atoms with van der Waals surface area (Å²) in [5, 5.41) is 24.3. The fourth-order valence-electron chi connectivity index (χ4n) is 3.97. The SMILES string of the molecule is O=C(O)[C@H]1[C@@H]2CC[C@@](NC(=O)[C@@H]3CCCN3)(C(=O)O)[C@@H]21. The molecule has 0 aromatic heterocycles. The van der Waals surface area contributed by atoms with Gasteiger partial charge in [-0.25, -0.2) is 4.79 Å². The van der Waals surface area contributed by atoms with Crippen LogP contribution in [0.4, 0.5) is 0 Å². The number of fused-ring (bicyclic) bond motifs is 1. The number of carbonyl (C=O) groups excluding carboxylic acids is 1. The molecule has 1 aliphatic heterocycles. The van der Waals surface area contributed by atoms with Gasteiger partial charge in [0.2, 0.25) is 5.91 Å². The molecule has 0 unspecified atom stereocenters. The smallest absolute Gasteiger partial charge is 0.329 e. The van der Waals surface area contributed by atoms with E-state index in [9.17, 15) is 19.5 Å². The molecule has 0 aromatic rings. The summed E-state index contributed by atoms with van der Waals surface area (Å²) in [4.78, 5) is 34.9. The zero-order chi connectivity index (χ0) is 14.5. The van der Waals surface area contributed by atoms with E-state index in [0.717, 1.165) is 13.0 Å². The summed E-state index contributed by atoms with van der Waals surface area (Å²) in [6.45, 7) is 0.752. The molecule has 5 atom stereocenters. The lowest BCUT2D eigenvalue weighted by molar-refractivity contribution is -0.150. The van der Waals surface area contributed by atoms with Crippen LogP contribution in [0.3, 0.4) is 0 Å². The number of hydrogen-bond acceptors (Lipinski definition) is 4. The lowest BCUT2D eigenvalue weighted by Gasteiger charge is -2.29. The van der Waals surface area contributed by atoms with Gasteiger partial charge in [0, 0.05) is 5.92 Å². The number of carbonyl (C=O) groups is 3. The van der Waals surface area contributed by atoms with Crippen molar-refractivity contribution in [1.29, 1.82) is 0 Å². The maximum absolute atomic E-state index is 12.2. The van der Waals surface area contributed by atoms with Crippen molar-refractivity contribution < 1.29 is 24.6 Å². The highest BCUT2D eigenvalue weighted by molar-refractivity contribution is 5.92. The van der Waals surface area contributed by atoms with Gasteiger partial charge in [0.05, 0.1) is 12.0 Å².